The lowest BCUT2D eigenvalue weighted by atomic mass is 10.1. The molecule has 0 saturated carbocycles. The Labute approximate surface area is 183 Å². The van der Waals surface area contributed by atoms with Crippen LogP contribution in [-0.2, 0) is 13.1 Å². The molecule has 0 bridgehead atoms. The molecule has 1 N–H and O–H groups in total. The Kier molecular flexibility index (Phi) is 6.35. The van der Waals surface area contributed by atoms with Crippen molar-refractivity contribution >= 4 is 5.91 Å². The number of carbonyl (C=O) groups is 1. The summed E-state index contributed by atoms with van der Waals surface area (Å²) < 4.78 is 11.7. The first kappa shape index (κ1) is 21.0. The molecule has 2 aromatic carbocycles. The van der Waals surface area contributed by atoms with E-state index in [9.17, 15) is 9.59 Å². The normalized spacial score (nSPS) is 10.7. The summed E-state index contributed by atoms with van der Waals surface area (Å²) in [6.45, 7) is 2.78. The predicted octanol–water partition coefficient (Wildman–Crippen LogP) is 2.67. The molecule has 1 amide bonds. The molecular weight excluding hydrogens is 410 g/mol. The summed E-state index contributed by atoms with van der Waals surface area (Å²) in [6, 6.07) is 20.0. The zero-order valence-electron chi connectivity index (χ0n) is 17.4. The molecule has 4 aromatic rings. The van der Waals surface area contributed by atoms with Gasteiger partial charge in [0.1, 0.15) is 12.3 Å². The smallest absolute Gasteiger partial charge is 0.316 e. The van der Waals surface area contributed by atoms with Crippen LogP contribution in [0.25, 0.3) is 11.3 Å². The largest absolute Gasteiger partial charge is 0.494 e. The van der Waals surface area contributed by atoms with Gasteiger partial charge in [0.15, 0.2) is 5.82 Å². The van der Waals surface area contributed by atoms with Gasteiger partial charge in [-0.25, -0.2) is 4.68 Å². The van der Waals surface area contributed by atoms with E-state index >= 15 is 0 Å². The number of amides is 1. The number of hydrogen-bond donors (Lipinski definition) is 1. The molecule has 0 aliphatic heterocycles. The van der Waals surface area contributed by atoms with Crippen molar-refractivity contribution in [2.75, 3.05) is 6.61 Å². The second-order valence-electron chi connectivity index (χ2n) is 6.86. The maximum Gasteiger partial charge on any atom is 0.316 e. The molecule has 0 saturated heterocycles. The maximum absolute atomic E-state index is 12.3. The van der Waals surface area contributed by atoms with Crippen LogP contribution in [0.1, 0.15) is 29.0 Å². The molecule has 0 spiro atoms. The highest BCUT2D eigenvalue weighted by molar-refractivity contribution is 5.89. The molecule has 0 fully saturated rings. The molecule has 4 rings (SSSR count). The van der Waals surface area contributed by atoms with Crippen LogP contribution in [0.4, 0.5) is 0 Å². The minimum Gasteiger partial charge on any atom is -0.494 e. The van der Waals surface area contributed by atoms with Crippen LogP contribution in [0.15, 0.2) is 76.0 Å². The van der Waals surface area contributed by atoms with E-state index in [2.05, 4.69) is 20.6 Å². The third kappa shape index (κ3) is 5.07. The molecule has 0 unspecified atom stereocenters. The van der Waals surface area contributed by atoms with Crippen LogP contribution in [0.2, 0.25) is 0 Å². The molecule has 32 heavy (non-hydrogen) atoms. The topological polar surface area (TPSA) is 112 Å². The minimum atomic E-state index is -0.504. The van der Waals surface area contributed by atoms with Gasteiger partial charge in [-0.3, -0.25) is 9.59 Å². The second-order valence-corrected chi connectivity index (χ2v) is 6.86. The standard InChI is InChI=1S/C23H21N5O4/c1-2-31-18-10-8-16(9-11-18)14-24-22(30)23-25-20(27-32-23)15-28-21(29)13-12-19(26-28)17-6-4-3-5-7-17/h3-13H,2,14-15H2,1H3,(H,24,30). The summed E-state index contributed by atoms with van der Waals surface area (Å²) >= 11 is 0. The zero-order chi connectivity index (χ0) is 22.3. The van der Waals surface area contributed by atoms with E-state index in [1.807, 2.05) is 61.5 Å². The number of nitrogens with zero attached hydrogens (tertiary/aromatic N) is 4. The number of benzene rings is 2. The fourth-order valence-corrected chi connectivity index (χ4v) is 3.00. The van der Waals surface area contributed by atoms with Crippen molar-refractivity contribution in [3.63, 3.8) is 0 Å². The van der Waals surface area contributed by atoms with E-state index in [4.69, 9.17) is 9.26 Å². The lowest BCUT2D eigenvalue weighted by Crippen LogP contribution is -2.24. The van der Waals surface area contributed by atoms with Crippen LogP contribution >= 0.6 is 0 Å². The lowest BCUT2D eigenvalue weighted by Gasteiger charge is -2.05. The number of ether oxygens (including phenoxy) is 1. The number of aromatic nitrogens is 4. The summed E-state index contributed by atoms with van der Waals surface area (Å²) in [5.41, 5.74) is 2.11. The Morgan fingerprint density at radius 2 is 1.84 bits per heavy atom. The molecule has 0 aliphatic carbocycles. The molecule has 0 radical (unpaired) electrons. The summed E-state index contributed by atoms with van der Waals surface area (Å²) in [6.07, 6.45) is 0. The average molecular weight is 431 g/mol. The van der Waals surface area contributed by atoms with Crippen LogP contribution in [0.3, 0.4) is 0 Å². The molecule has 0 atom stereocenters. The summed E-state index contributed by atoms with van der Waals surface area (Å²) in [4.78, 5) is 28.6. The van der Waals surface area contributed by atoms with Gasteiger partial charge in [0.05, 0.1) is 12.3 Å². The van der Waals surface area contributed by atoms with Crippen molar-refractivity contribution in [3.8, 4) is 17.0 Å². The number of carbonyl (C=O) groups excluding carboxylic acids is 1. The van der Waals surface area contributed by atoms with Gasteiger partial charge < -0.3 is 14.6 Å². The van der Waals surface area contributed by atoms with Crippen molar-refractivity contribution in [2.45, 2.75) is 20.0 Å². The van der Waals surface area contributed by atoms with Gasteiger partial charge in [-0.15, -0.1) is 0 Å². The average Bonchev–Trinajstić information content (AvgIpc) is 3.29. The highest BCUT2D eigenvalue weighted by Crippen LogP contribution is 2.14. The minimum absolute atomic E-state index is 0.0187. The van der Waals surface area contributed by atoms with Crippen molar-refractivity contribution in [1.29, 1.82) is 0 Å². The predicted molar refractivity (Wildman–Crippen MR) is 116 cm³/mol. The Bertz CT molecular complexity index is 1250. The van der Waals surface area contributed by atoms with Gasteiger partial charge >= 0.3 is 11.8 Å². The quantitative estimate of drug-likeness (QED) is 0.456. The van der Waals surface area contributed by atoms with Gasteiger partial charge in [-0.05, 0) is 30.7 Å². The Morgan fingerprint density at radius 3 is 2.59 bits per heavy atom. The van der Waals surface area contributed by atoms with Crippen molar-refractivity contribution in [3.05, 3.63) is 94.4 Å². The number of rotatable bonds is 8. The van der Waals surface area contributed by atoms with Crippen molar-refractivity contribution in [1.82, 2.24) is 25.2 Å². The van der Waals surface area contributed by atoms with E-state index in [1.165, 1.54) is 10.7 Å². The SMILES string of the molecule is CCOc1ccc(CNC(=O)c2nc(Cn3nc(-c4ccccc4)ccc3=O)no2)cc1. The molecule has 162 valence electrons. The van der Waals surface area contributed by atoms with Crippen molar-refractivity contribution < 1.29 is 14.1 Å². The van der Waals surface area contributed by atoms with E-state index in [0.717, 1.165) is 16.9 Å². The van der Waals surface area contributed by atoms with Crippen LogP contribution in [0.5, 0.6) is 5.75 Å². The van der Waals surface area contributed by atoms with Gasteiger partial charge in [-0.2, -0.15) is 10.1 Å². The van der Waals surface area contributed by atoms with Crippen LogP contribution < -0.4 is 15.6 Å². The lowest BCUT2D eigenvalue weighted by molar-refractivity contribution is 0.0907. The summed E-state index contributed by atoms with van der Waals surface area (Å²) in [7, 11) is 0. The van der Waals surface area contributed by atoms with E-state index in [1.54, 1.807) is 6.07 Å². The monoisotopic (exact) mass is 431 g/mol. The second kappa shape index (κ2) is 9.69. The van der Waals surface area contributed by atoms with Crippen molar-refractivity contribution in [2.24, 2.45) is 0 Å². The highest BCUT2D eigenvalue weighted by Gasteiger charge is 2.16. The molecule has 2 aromatic heterocycles. The van der Waals surface area contributed by atoms with Gasteiger partial charge in [0.2, 0.25) is 0 Å². The fourth-order valence-electron chi connectivity index (χ4n) is 3.00. The Morgan fingerprint density at radius 1 is 1.06 bits per heavy atom. The van der Waals surface area contributed by atoms with Gasteiger partial charge in [0.25, 0.3) is 5.56 Å². The molecule has 9 heteroatoms. The van der Waals surface area contributed by atoms with Gasteiger partial charge in [0, 0.05) is 18.2 Å². The first-order valence-corrected chi connectivity index (χ1v) is 10.1. The molecule has 9 nitrogen and oxygen atoms in total. The first-order chi connectivity index (χ1) is 15.6. The molecule has 0 aliphatic rings. The van der Waals surface area contributed by atoms with Crippen LogP contribution in [-0.4, -0.2) is 32.4 Å². The van der Waals surface area contributed by atoms with E-state index in [-0.39, 0.29) is 23.8 Å². The Hall–Kier alpha value is -4.27. The number of nitrogens with one attached hydrogen (secondary N) is 1. The highest BCUT2D eigenvalue weighted by atomic mass is 16.5. The fraction of sp³-hybridized carbons (Fsp3) is 0.174. The first-order valence-electron chi connectivity index (χ1n) is 10.1. The molecular formula is C23H21N5O4. The van der Waals surface area contributed by atoms with Crippen LogP contribution in [0, 0.1) is 0 Å². The maximum atomic E-state index is 12.3. The number of hydrogen-bond acceptors (Lipinski definition) is 7. The summed E-state index contributed by atoms with van der Waals surface area (Å²) in [5, 5.41) is 10.9. The third-order valence-corrected chi connectivity index (χ3v) is 4.58. The zero-order valence-corrected chi connectivity index (χ0v) is 17.4. The Balaban J connectivity index is 1.40. The van der Waals surface area contributed by atoms with E-state index < -0.39 is 5.91 Å². The third-order valence-electron chi connectivity index (χ3n) is 4.58. The van der Waals surface area contributed by atoms with E-state index in [0.29, 0.717) is 18.8 Å². The summed E-state index contributed by atoms with van der Waals surface area (Å²) in [5.74, 6) is 0.259. The van der Waals surface area contributed by atoms with Gasteiger partial charge in [-0.1, -0.05) is 47.6 Å². The molecule has 2 heterocycles.